The second-order valence-electron chi connectivity index (χ2n) is 15.0. The molecule has 4 amide bonds. The molecule has 5 aromatic rings. The number of nitrogens with one attached hydrogen (secondary N) is 2. The Morgan fingerprint density at radius 1 is 0.589 bits per heavy atom. The number of phenolic OH excluding ortho intramolecular Hbond substituents is 1. The van der Waals surface area contributed by atoms with Gasteiger partial charge in [0.2, 0.25) is 23.6 Å². The molecule has 6 unspecified atom stereocenters. The zero-order valence-corrected chi connectivity index (χ0v) is 30.5. The lowest BCUT2D eigenvalue weighted by Crippen LogP contribution is -2.43. The van der Waals surface area contributed by atoms with Crippen LogP contribution in [0, 0.1) is 29.6 Å². The number of phenols is 1. The number of imide groups is 2. The number of aromatic hydroxyl groups is 1. The quantitative estimate of drug-likeness (QED) is 0.102. The highest BCUT2D eigenvalue weighted by Crippen LogP contribution is 2.59. The average molecular weight is 741 g/mol. The molecule has 1 saturated carbocycles. The van der Waals surface area contributed by atoms with Crippen molar-refractivity contribution in [3.63, 3.8) is 0 Å². The Labute approximate surface area is 325 Å². The summed E-state index contributed by atoms with van der Waals surface area (Å²) in [6.07, 6.45) is 4.67. The van der Waals surface area contributed by atoms with Crippen LogP contribution in [0.2, 0.25) is 0 Å². The van der Waals surface area contributed by atoms with Crippen molar-refractivity contribution in [2.24, 2.45) is 29.6 Å². The number of benzene rings is 5. The van der Waals surface area contributed by atoms with E-state index in [9.17, 15) is 24.3 Å². The number of hydrogen-bond acceptors (Lipinski definition) is 7. The van der Waals surface area contributed by atoms with E-state index in [0.717, 1.165) is 28.3 Å². The van der Waals surface area contributed by atoms with E-state index in [4.69, 9.17) is 0 Å². The monoisotopic (exact) mass is 740 g/mol. The number of carbonyl (C=O) groups excluding carboxylic acids is 4. The van der Waals surface area contributed by atoms with Gasteiger partial charge < -0.3 is 15.7 Å². The lowest BCUT2D eigenvalue weighted by atomic mass is 9.57. The topological polar surface area (TPSA) is 119 Å². The van der Waals surface area contributed by atoms with Gasteiger partial charge in [-0.05, 0) is 104 Å². The number of para-hydroxylation sites is 3. The summed E-state index contributed by atoms with van der Waals surface area (Å²) in [7, 11) is 0. The number of allylic oxidation sites excluding steroid dienone is 3. The molecule has 0 aromatic heterocycles. The molecular weight excluding hydrogens is 701 g/mol. The minimum atomic E-state index is -0.804. The predicted octanol–water partition coefficient (Wildman–Crippen LogP) is 8.65. The van der Waals surface area contributed by atoms with Crippen molar-refractivity contribution < 1.29 is 24.3 Å². The zero-order chi connectivity index (χ0) is 38.5. The van der Waals surface area contributed by atoms with Crippen molar-refractivity contribution in [2.75, 3.05) is 20.4 Å². The van der Waals surface area contributed by atoms with Crippen LogP contribution in [0.15, 0.2) is 152 Å². The summed E-state index contributed by atoms with van der Waals surface area (Å²) < 4.78 is 0. The van der Waals surface area contributed by atoms with Crippen LogP contribution >= 0.6 is 0 Å². The van der Waals surface area contributed by atoms with Crippen molar-refractivity contribution in [1.82, 2.24) is 0 Å². The van der Waals surface area contributed by atoms with Gasteiger partial charge in [-0.25, -0.2) is 0 Å². The van der Waals surface area contributed by atoms with Gasteiger partial charge in [-0.1, -0.05) is 72.3 Å². The molecule has 2 heterocycles. The molecule has 2 saturated heterocycles. The predicted molar refractivity (Wildman–Crippen MR) is 217 cm³/mol. The first-order valence-electron chi connectivity index (χ1n) is 19.0. The summed E-state index contributed by atoms with van der Waals surface area (Å²) >= 11 is 0. The Kier molecular flexibility index (Phi) is 8.85. The smallest absolute Gasteiger partial charge is 0.238 e. The zero-order valence-electron chi connectivity index (χ0n) is 30.5. The molecule has 9 heteroatoms. The number of fused-ring (bicyclic) bond motifs is 4. The van der Waals surface area contributed by atoms with E-state index in [1.165, 1.54) is 9.80 Å². The van der Waals surface area contributed by atoms with Gasteiger partial charge in [-0.2, -0.15) is 0 Å². The van der Waals surface area contributed by atoms with E-state index in [-0.39, 0.29) is 35.8 Å². The van der Waals surface area contributed by atoms with Gasteiger partial charge >= 0.3 is 0 Å². The first-order chi connectivity index (χ1) is 27.3. The third-order valence-corrected chi connectivity index (χ3v) is 11.9. The Balaban J connectivity index is 1.06. The summed E-state index contributed by atoms with van der Waals surface area (Å²) in [5.74, 6) is -5.27. The molecule has 278 valence electrons. The number of nitrogens with zero attached hydrogens (tertiary/aromatic N) is 2. The highest BCUT2D eigenvalue weighted by Gasteiger charge is 2.62. The second-order valence-corrected chi connectivity index (χ2v) is 15.0. The number of hydrogen-bond donors (Lipinski definition) is 3. The van der Waals surface area contributed by atoms with Crippen LogP contribution in [0.3, 0.4) is 0 Å². The molecule has 3 N–H and O–H groups in total. The van der Waals surface area contributed by atoms with Gasteiger partial charge in [0.15, 0.2) is 0 Å². The summed E-state index contributed by atoms with van der Waals surface area (Å²) in [4.78, 5) is 60.4. The Morgan fingerprint density at radius 3 is 1.66 bits per heavy atom. The molecule has 4 aliphatic rings. The Hall–Kier alpha value is -6.74. The molecule has 3 fully saturated rings. The molecule has 6 atom stereocenters. The molecule has 0 bridgehead atoms. The van der Waals surface area contributed by atoms with E-state index in [2.05, 4.69) is 17.2 Å². The summed E-state index contributed by atoms with van der Waals surface area (Å²) in [6.45, 7) is 3.85. The van der Waals surface area contributed by atoms with Crippen molar-refractivity contribution in [1.29, 1.82) is 0 Å². The largest absolute Gasteiger partial charge is 0.507 e. The standard InChI is InChI=1S/C47H40N4O5/c1-2-10-28-11-9-16-36(43(28)52)40-35-25-26-37-41(46(55)50(44(37)53)33-21-17-31(18-22-33)48-29-12-5-3-6-13-29)38(35)27-39-42(40)47(56)51(45(39)54)34-23-19-32(20-24-34)49-30-14-7-4-8-15-30/h2-9,11-25,37-42,48-49,52H,1,10,26-27H2. The van der Waals surface area contributed by atoms with E-state index < -0.39 is 35.5 Å². The highest BCUT2D eigenvalue weighted by atomic mass is 16.3. The van der Waals surface area contributed by atoms with Crippen LogP contribution in [0.4, 0.5) is 34.1 Å². The van der Waals surface area contributed by atoms with Crippen LogP contribution in [0.1, 0.15) is 29.9 Å². The van der Waals surface area contributed by atoms with Crippen molar-refractivity contribution >= 4 is 57.8 Å². The maximum atomic E-state index is 14.7. The molecule has 0 spiro atoms. The molecule has 56 heavy (non-hydrogen) atoms. The van der Waals surface area contributed by atoms with Gasteiger partial charge in [0, 0.05) is 34.2 Å². The number of rotatable bonds is 9. The van der Waals surface area contributed by atoms with Crippen LogP contribution in [-0.4, -0.2) is 28.7 Å². The molecule has 0 radical (unpaired) electrons. The van der Waals surface area contributed by atoms with Gasteiger partial charge in [0.1, 0.15) is 5.75 Å². The van der Waals surface area contributed by atoms with Gasteiger partial charge in [-0.15, -0.1) is 6.58 Å². The van der Waals surface area contributed by atoms with Gasteiger partial charge in [0.25, 0.3) is 0 Å². The SMILES string of the molecule is C=CCc1cccc(C2C3=CCC4C(=O)N(c5ccc(Nc6ccccc6)cc5)C(=O)C4C3CC3C(=O)N(c4ccc(Nc5ccccc5)cc4)C(=O)C32)c1O. The lowest BCUT2D eigenvalue weighted by molar-refractivity contribution is -0.126. The average Bonchev–Trinajstić information content (AvgIpc) is 3.63. The van der Waals surface area contributed by atoms with E-state index in [1.54, 1.807) is 30.3 Å². The number of anilines is 6. The molecule has 9 rings (SSSR count). The third kappa shape index (κ3) is 5.87. The fourth-order valence-electron chi connectivity index (χ4n) is 9.39. The third-order valence-electron chi connectivity index (χ3n) is 11.9. The normalized spacial score (nSPS) is 24.0. The van der Waals surface area contributed by atoms with E-state index in [1.807, 2.05) is 109 Å². The Morgan fingerprint density at radius 2 is 1.11 bits per heavy atom. The van der Waals surface area contributed by atoms with Crippen molar-refractivity contribution in [2.45, 2.75) is 25.2 Å². The fraction of sp³-hybridized carbons (Fsp3) is 0.191. The van der Waals surface area contributed by atoms with Crippen molar-refractivity contribution in [3.8, 4) is 5.75 Å². The maximum absolute atomic E-state index is 14.7. The van der Waals surface area contributed by atoms with E-state index in [0.29, 0.717) is 35.3 Å². The first-order valence-corrected chi connectivity index (χ1v) is 19.0. The molecular formula is C47H40N4O5. The number of carbonyl (C=O) groups is 4. The summed E-state index contributed by atoms with van der Waals surface area (Å²) in [5.41, 5.74) is 6.40. The van der Waals surface area contributed by atoms with Crippen molar-refractivity contribution in [3.05, 3.63) is 163 Å². The minimum Gasteiger partial charge on any atom is -0.507 e. The number of amides is 4. The van der Waals surface area contributed by atoms with Crippen LogP contribution < -0.4 is 20.4 Å². The minimum absolute atomic E-state index is 0.0505. The molecule has 5 aromatic carbocycles. The van der Waals surface area contributed by atoms with Gasteiger partial charge in [-0.3, -0.25) is 29.0 Å². The van der Waals surface area contributed by atoms with Gasteiger partial charge in [0.05, 0.1) is 35.0 Å². The Bertz CT molecular complexity index is 2390. The summed E-state index contributed by atoms with van der Waals surface area (Å²) in [5, 5.41) is 18.4. The molecule has 2 aliphatic carbocycles. The van der Waals surface area contributed by atoms with Crippen LogP contribution in [-0.2, 0) is 25.6 Å². The second kappa shape index (κ2) is 14.2. The van der Waals surface area contributed by atoms with E-state index >= 15 is 0 Å². The lowest BCUT2D eigenvalue weighted by Gasteiger charge is -2.44. The first kappa shape index (κ1) is 35.0. The fourth-order valence-corrected chi connectivity index (χ4v) is 9.39. The summed E-state index contributed by atoms with van der Waals surface area (Å²) in [6, 6.07) is 39.3. The molecule has 9 nitrogen and oxygen atoms in total. The van der Waals surface area contributed by atoms with Crippen LogP contribution in [0.5, 0.6) is 5.75 Å². The molecule has 2 aliphatic heterocycles. The van der Waals surface area contributed by atoms with Crippen LogP contribution in [0.25, 0.3) is 0 Å². The highest BCUT2D eigenvalue weighted by molar-refractivity contribution is 6.24. The maximum Gasteiger partial charge on any atom is 0.238 e.